The maximum atomic E-state index is 12.5. The Balaban J connectivity index is 1.57. The lowest BCUT2D eigenvalue weighted by Crippen LogP contribution is -2.37. The van der Waals surface area contributed by atoms with Gasteiger partial charge in [-0.05, 0) is 56.9 Å². The summed E-state index contributed by atoms with van der Waals surface area (Å²) < 4.78 is 26.6. The first-order chi connectivity index (χ1) is 11.9. The number of nitrogens with zero attached hydrogens (tertiary/aromatic N) is 4. The van der Waals surface area contributed by atoms with Gasteiger partial charge in [-0.3, -0.25) is 0 Å². The highest BCUT2D eigenvalue weighted by molar-refractivity contribution is 7.90. The van der Waals surface area contributed by atoms with E-state index in [1.807, 2.05) is 13.0 Å². The van der Waals surface area contributed by atoms with Crippen LogP contribution in [-0.4, -0.2) is 54.1 Å². The molecule has 2 aliphatic rings. The Morgan fingerprint density at radius 1 is 1.04 bits per heavy atom. The third kappa shape index (κ3) is 3.22. The van der Waals surface area contributed by atoms with Crippen molar-refractivity contribution in [1.82, 2.24) is 14.3 Å². The molecule has 4 rings (SSSR count). The molecule has 0 spiro atoms. The minimum Gasteiger partial charge on any atom is -0.355 e. The number of sulfonamides is 1. The summed E-state index contributed by atoms with van der Waals surface area (Å²) in [6.07, 6.45) is 2.46. The van der Waals surface area contributed by atoms with Crippen LogP contribution in [0, 0.1) is 13.8 Å². The van der Waals surface area contributed by atoms with Crippen molar-refractivity contribution in [2.24, 2.45) is 0 Å². The number of aromatic nitrogens is 2. The van der Waals surface area contributed by atoms with Gasteiger partial charge in [0.15, 0.2) is 5.65 Å². The number of aryl methyl sites for hydroxylation is 2. The van der Waals surface area contributed by atoms with Crippen LogP contribution < -0.4 is 4.90 Å². The van der Waals surface area contributed by atoms with Gasteiger partial charge in [-0.15, -0.1) is 0 Å². The molecule has 134 valence electrons. The normalized spacial score (nSPS) is 20.0. The Labute approximate surface area is 148 Å². The lowest BCUT2D eigenvalue weighted by Gasteiger charge is -2.23. The van der Waals surface area contributed by atoms with Crippen LogP contribution in [0.3, 0.4) is 0 Å². The lowest BCUT2D eigenvalue weighted by atomic mass is 10.1. The molecule has 0 aromatic carbocycles. The molecule has 1 aliphatic heterocycles. The summed E-state index contributed by atoms with van der Waals surface area (Å²) >= 11 is 0. The SMILES string of the molecule is Cc1cc(C)c2ccc(N3CCCN(S(=O)(=O)C4CC4)CC3)nc2n1. The predicted octanol–water partition coefficient (Wildman–Crippen LogP) is 2.25. The summed E-state index contributed by atoms with van der Waals surface area (Å²) in [4.78, 5) is 11.5. The fraction of sp³-hybridized carbons (Fsp3) is 0.556. The summed E-state index contributed by atoms with van der Waals surface area (Å²) in [5.41, 5.74) is 2.91. The number of hydrogen-bond acceptors (Lipinski definition) is 5. The van der Waals surface area contributed by atoms with Crippen molar-refractivity contribution in [3.63, 3.8) is 0 Å². The third-order valence-corrected chi connectivity index (χ3v) is 7.48. The van der Waals surface area contributed by atoms with Crippen molar-refractivity contribution in [3.8, 4) is 0 Å². The van der Waals surface area contributed by atoms with Crippen LogP contribution in [0.1, 0.15) is 30.5 Å². The first-order valence-electron chi connectivity index (χ1n) is 8.94. The van der Waals surface area contributed by atoms with Crippen molar-refractivity contribution in [2.75, 3.05) is 31.1 Å². The van der Waals surface area contributed by atoms with Crippen LogP contribution in [0.15, 0.2) is 18.2 Å². The Morgan fingerprint density at radius 3 is 2.60 bits per heavy atom. The van der Waals surface area contributed by atoms with Gasteiger partial charge in [0.1, 0.15) is 5.82 Å². The second-order valence-electron chi connectivity index (χ2n) is 7.11. The van der Waals surface area contributed by atoms with Crippen LogP contribution in [0.5, 0.6) is 0 Å². The standard InChI is InChI=1S/C18H24N4O2S/c1-13-12-14(2)19-18-16(13)6-7-17(20-18)21-8-3-9-22(11-10-21)25(23,24)15-4-5-15/h6-7,12,15H,3-5,8-11H2,1-2H3. The number of anilines is 1. The molecule has 1 saturated carbocycles. The van der Waals surface area contributed by atoms with Crippen molar-refractivity contribution < 1.29 is 8.42 Å². The van der Waals surface area contributed by atoms with Gasteiger partial charge in [-0.25, -0.2) is 18.4 Å². The summed E-state index contributed by atoms with van der Waals surface area (Å²) in [7, 11) is -3.09. The fourth-order valence-corrected chi connectivity index (χ4v) is 5.43. The van der Waals surface area contributed by atoms with E-state index < -0.39 is 10.0 Å². The minimum absolute atomic E-state index is 0.131. The van der Waals surface area contributed by atoms with Crippen LogP contribution in [0.25, 0.3) is 11.0 Å². The van der Waals surface area contributed by atoms with Gasteiger partial charge < -0.3 is 4.90 Å². The maximum absolute atomic E-state index is 12.5. The molecule has 2 aromatic heterocycles. The highest BCUT2D eigenvalue weighted by atomic mass is 32.2. The van der Waals surface area contributed by atoms with Gasteiger partial charge in [0, 0.05) is 37.3 Å². The molecule has 2 fully saturated rings. The number of hydrogen-bond donors (Lipinski definition) is 0. The predicted molar refractivity (Wildman–Crippen MR) is 99.4 cm³/mol. The van der Waals surface area contributed by atoms with E-state index in [0.29, 0.717) is 19.6 Å². The van der Waals surface area contributed by atoms with Crippen LogP contribution in [-0.2, 0) is 10.0 Å². The van der Waals surface area contributed by atoms with E-state index in [2.05, 4.69) is 28.9 Å². The molecule has 0 atom stereocenters. The van der Waals surface area contributed by atoms with E-state index >= 15 is 0 Å². The largest absolute Gasteiger partial charge is 0.355 e. The molecule has 6 nitrogen and oxygen atoms in total. The van der Waals surface area contributed by atoms with Crippen molar-refractivity contribution in [1.29, 1.82) is 0 Å². The highest BCUT2D eigenvalue weighted by Gasteiger charge is 2.40. The summed E-state index contributed by atoms with van der Waals surface area (Å²) in [5.74, 6) is 0.885. The molecule has 1 saturated heterocycles. The Kier molecular flexibility index (Phi) is 4.16. The monoisotopic (exact) mass is 360 g/mol. The summed E-state index contributed by atoms with van der Waals surface area (Å²) in [5, 5.41) is 0.940. The molecular formula is C18H24N4O2S. The minimum atomic E-state index is -3.09. The van der Waals surface area contributed by atoms with Gasteiger partial charge in [0.2, 0.25) is 10.0 Å². The zero-order chi connectivity index (χ0) is 17.6. The van der Waals surface area contributed by atoms with Crippen molar-refractivity contribution in [2.45, 2.75) is 38.4 Å². The molecule has 0 N–H and O–H groups in total. The Bertz CT molecular complexity index is 909. The molecule has 1 aliphatic carbocycles. The zero-order valence-corrected chi connectivity index (χ0v) is 15.6. The second kappa shape index (κ2) is 6.21. The maximum Gasteiger partial charge on any atom is 0.217 e. The summed E-state index contributed by atoms with van der Waals surface area (Å²) in [6, 6.07) is 6.16. The van der Waals surface area contributed by atoms with Crippen molar-refractivity contribution >= 4 is 26.9 Å². The highest BCUT2D eigenvalue weighted by Crippen LogP contribution is 2.31. The van der Waals surface area contributed by atoms with Crippen LogP contribution in [0.2, 0.25) is 0 Å². The van der Waals surface area contributed by atoms with Crippen LogP contribution >= 0.6 is 0 Å². The molecule has 2 aromatic rings. The zero-order valence-electron chi connectivity index (χ0n) is 14.8. The fourth-order valence-electron chi connectivity index (χ4n) is 3.55. The molecule has 0 radical (unpaired) electrons. The quantitative estimate of drug-likeness (QED) is 0.840. The first-order valence-corrected chi connectivity index (χ1v) is 10.4. The number of rotatable bonds is 3. The molecule has 3 heterocycles. The molecular weight excluding hydrogens is 336 g/mol. The van der Waals surface area contributed by atoms with Crippen molar-refractivity contribution in [3.05, 3.63) is 29.5 Å². The topological polar surface area (TPSA) is 66.4 Å². The van der Waals surface area contributed by atoms with Gasteiger partial charge in [-0.2, -0.15) is 4.31 Å². The van der Waals surface area contributed by atoms with Crippen LogP contribution in [0.4, 0.5) is 5.82 Å². The molecule has 0 bridgehead atoms. The smallest absolute Gasteiger partial charge is 0.217 e. The van der Waals surface area contributed by atoms with Gasteiger partial charge in [-0.1, -0.05) is 0 Å². The number of fused-ring (bicyclic) bond motifs is 1. The second-order valence-corrected chi connectivity index (χ2v) is 9.32. The summed E-state index contributed by atoms with van der Waals surface area (Å²) in [6.45, 7) is 6.70. The Hall–Kier alpha value is -1.73. The molecule has 0 unspecified atom stereocenters. The van der Waals surface area contributed by atoms with E-state index in [0.717, 1.165) is 48.4 Å². The van der Waals surface area contributed by atoms with E-state index in [1.54, 1.807) is 4.31 Å². The average Bonchev–Trinajstić information content (AvgIpc) is 3.40. The molecule has 25 heavy (non-hydrogen) atoms. The Morgan fingerprint density at radius 2 is 1.84 bits per heavy atom. The van der Waals surface area contributed by atoms with E-state index in [9.17, 15) is 8.42 Å². The molecule has 7 heteroatoms. The van der Waals surface area contributed by atoms with E-state index in [-0.39, 0.29) is 5.25 Å². The van der Waals surface area contributed by atoms with E-state index in [4.69, 9.17) is 4.98 Å². The average molecular weight is 360 g/mol. The first kappa shape index (κ1) is 16.7. The van der Waals surface area contributed by atoms with Gasteiger partial charge in [0.25, 0.3) is 0 Å². The van der Waals surface area contributed by atoms with Gasteiger partial charge in [0.05, 0.1) is 5.25 Å². The van der Waals surface area contributed by atoms with Gasteiger partial charge >= 0.3 is 0 Å². The third-order valence-electron chi connectivity index (χ3n) is 5.08. The van der Waals surface area contributed by atoms with E-state index in [1.165, 1.54) is 5.56 Å². The molecule has 0 amide bonds. The number of pyridine rings is 2. The lowest BCUT2D eigenvalue weighted by molar-refractivity contribution is 0.432.